The summed E-state index contributed by atoms with van der Waals surface area (Å²) in [5.41, 5.74) is 2.08. The summed E-state index contributed by atoms with van der Waals surface area (Å²) in [6.07, 6.45) is 3.51. The molecular weight excluding hydrogens is 372 g/mol. The molecule has 0 amide bonds. The predicted octanol–water partition coefficient (Wildman–Crippen LogP) is 2.67. The van der Waals surface area contributed by atoms with E-state index in [1.54, 1.807) is 16.4 Å². The molecule has 1 aromatic heterocycles. The lowest BCUT2D eigenvalue weighted by atomic mass is 10.1. The van der Waals surface area contributed by atoms with E-state index in [1.807, 2.05) is 37.4 Å². The topological polar surface area (TPSA) is 56.8 Å². The Morgan fingerprint density at radius 2 is 1.71 bits per heavy atom. The summed E-state index contributed by atoms with van der Waals surface area (Å²) in [6.45, 7) is 6.33. The highest BCUT2D eigenvalue weighted by Crippen LogP contribution is 2.39. The molecule has 2 saturated heterocycles. The van der Waals surface area contributed by atoms with Gasteiger partial charge in [-0.2, -0.15) is 4.31 Å². The highest BCUT2D eigenvalue weighted by atomic mass is 32.2. The number of nitrogens with zero attached hydrogens (tertiary/aromatic N) is 4. The number of likely N-dealkylation sites (N-methyl/N-ethyl adjacent to an activating group) is 1. The summed E-state index contributed by atoms with van der Waals surface area (Å²) >= 11 is 0. The van der Waals surface area contributed by atoms with E-state index in [-0.39, 0.29) is 6.04 Å². The Morgan fingerprint density at radius 1 is 1.00 bits per heavy atom. The zero-order valence-electron chi connectivity index (χ0n) is 16.6. The van der Waals surface area contributed by atoms with Gasteiger partial charge < -0.3 is 9.80 Å². The van der Waals surface area contributed by atoms with Gasteiger partial charge in [-0.15, -0.1) is 0 Å². The second-order valence-corrected chi connectivity index (χ2v) is 9.68. The first-order valence-electron chi connectivity index (χ1n) is 9.94. The first kappa shape index (κ1) is 19.4. The number of aryl methyl sites for hydroxylation is 1. The van der Waals surface area contributed by atoms with Gasteiger partial charge in [0.15, 0.2) is 0 Å². The zero-order chi connectivity index (χ0) is 19.7. The van der Waals surface area contributed by atoms with Crippen LogP contribution in [-0.2, 0) is 10.0 Å². The van der Waals surface area contributed by atoms with Gasteiger partial charge >= 0.3 is 0 Å². The Morgan fingerprint density at radius 3 is 2.43 bits per heavy atom. The van der Waals surface area contributed by atoms with Crippen LogP contribution in [-0.4, -0.2) is 62.4 Å². The Bertz CT molecular complexity index is 922. The van der Waals surface area contributed by atoms with Crippen molar-refractivity contribution >= 4 is 15.8 Å². The van der Waals surface area contributed by atoms with E-state index >= 15 is 0 Å². The fourth-order valence-electron chi connectivity index (χ4n) is 4.14. The summed E-state index contributed by atoms with van der Waals surface area (Å²) in [7, 11) is -1.40. The maximum atomic E-state index is 13.3. The molecule has 7 heteroatoms. The Hall–Kier alpha value is -1.96. The first-order valence-corrected chi connectivity index (χ1v) is 11.4. The molecule has 0 radical (unpaired) electrons. The highest BCUT2D eigenvalue weighted by molar-refractivity contribution is 7.89. The van der Waals surface area contributed by atoms with Crippen LogP contribution in [0.2, 0.25) is 0 Å². The van der Waals surface area contributed by atoms with Gasteiger partial charge in [0.25, 0.3) is 0 Å². The molecule has 1 aromatic carbocycles. The average Bonchev–Trinajstić information content (AvgIpc) is 3.20. The molecule has 1 unspecified atom stereocenters. The van der Waals surface area contributed by atoms with E-state index in [0.29, 0.717) is 11.4 Å². The fourth-order valence-corrected chi connectivity index (χ4v) is 5.81. The van der Waals surface area contributed by atoms with Crippen molar-refractivity contribution in [2.24, 2.45) is 0 Å². The van der Waals surface area contributed by atoms with Crippen molar-refractivity contribution in [3.63, 3.8) is 0 Å². The van der Waals surface area contributed by atoms with Gasteiger partial charge in [0.05, 0.1) is 10.9 Å². The normalized spacial score (nSPS) is 21.9. The van der Waals surface area contributed by atoms with Crippen molar-refractivity contribution in [1.29, 1.82) is 0 Å². The standard InChI is InChI=1S/C21H28N4O2S/c1-17-7-9-18(10-8-17)28(26,27)25-12-4-6-20(25)19-5-3-11-22-21(19)24-15-13-23(2)14-16-24/h3,5,7-11,20H,4,6,12-16H2,1-2H3. The lowest BCUT2D eigenvalue weighted by molar-refractivity contribution is 0.311. The molecule has 28 heavy (non-hydrogen) atoms. The van der Waals surface area contributed by atoms with E-state index < -0.39 is 10.0 Å². The van der Waals surface area contributed by atoms with Crippen LogP contribution in [0, 0.1) is 6.92 Å². The number of pyridine rings is 1. The maximum Gasteiger partial charge on any atom is 0.243 e. The van der Waals surface area contributed by atoms with E-state index in [2.05, 4.69) is 21.8 Å². The molecule has 0 bridgehead atoms. The minimum atomic E-state index is -3.53. The van der Waals surface area contributed by atoms with Gasteiger partial charge in [-0.3, -0.25) is 0 Å². The number of piperazine rings is 1. The van der Waals surface area contributed by atoms with Gasteiger partial charge in [-0.05, 0) is 45.0 Å². The molecule has 0 saturated carbocycles. The maximum absolute atomic E-state index is 13.3. The number of aromatic nitrogens is 1. The van der Waals surface area contributed by atoms with Crippen molar-refractivity contribution in [3.8, 4) is 0 Å². The van der Waals surface area contributed by atoms with Crippen molar-refractivity contribution in [2.45, 2.75) is 30.7 Å². The second-order valence-electron chi connectivity index (χ2n) is 7.79. The Kier molecular flexibility index (Phi) is 5.40. The molecule has 1 atom stereocenters. The van der Waals surface area contributed by atoms with Gasteiger partial charge in [0.1, 0.15) is 5.82 Å². The average molecular weight is 401 g/mol. The molecular formula is C21H28N4O2S. The van der Waals surface area contributed by atoms with Crippen molar-refractivity contribution in [2.75, 3.05) is 44.7 Å². The van der Waals surface area contributed by atoms with Gasteiger partial charge in [0, 0.05) is 44.5 Å². The third-order valence-corrected chi connectivity index (χ3v) is 7.73. The molecule has 2 fully saturated rings. The Balaban J connectivity index is 1.67. The van der Waals surface area contributed by atoms with Gasteiger partial charge in [0.2, 0.25) is 10.0 Å². The number of hydrogen-bond acceptors (Lipinski definition) is 5. The third-order valence-electron chi connectivity index (χ3n) is 5.81. The minimum Gasteiger partial charge on any atom is -0.354 e. The largest absolute Gasteiger partial charge is 0.354 e. The van der Waals surface area contributed by atoms with E-state index in [0.717, 1.165) is 56.0 Å². The number of hydrogen-bond donors (Lipinski definition) is 0. The summed E-state index contributed by atoms with van der Waals surface area (Å²) in [4.78, 5) is 9.63. The summed E-state index contributed by atoms with van der Waals surface area (Å²) < 4.78 is 28.4. The van der Waals surface area contributed by atoms with Crippen LogP contribution in [0.25, 0.3) is 0 Å². The molecule has 2 aliphatic rings. The zero-order valence-corrected chi connectivity index (χ0v) is 17.4. The van der Waals surface area contributed by atoms with Crippen LogP contribution in [0.3, 0.4) is 0 Å². The van der Waals surface area contributed by atoms with Crippen molar-refractivity contribution in [1.82, 2.24) is 14.2 Å². The van der Waals surface area contributed by atoms with Gasteiger partial charge in [-0.25, -0.2) is 13.4 Å². The Labute approximate surface area is 167 Å². The van der Waals surface area contributed by atoms with E-state index in [9.17, 15) is 8.42 Å². The van der Waals surface area contributed by atoms with Crippen LogP contribution in [0.5, 0.6) is 0 Å². The summed E-state index contributed by atoms with van der Waals surface area (Å²) in [5.74, 6) is 0.937. The predicted molar refractivity (Wildman–Crippen MR) is 111 cm³/mol. The molecule has 3 heterocycles. The SMILES string of the molecule is Cc1ccc(S(=O)(=O)N2CCCC2c2cccnc2N2CCN(C)CC2)cc1. The van der Waals surface area contributed by atoms with E-state index in [1.165, 1.54) is 0 Å². The molecule has 6 nitrogen and oxygen atoms in total. The molecule has 0 spiro atoms. The minimum absolute atomic E-state index is 0.158. The number of benzene rings is 1. The van der Waals surface area contributed by atoms with Crippen LogP contribution >= 0.6 is 0 Å². The quantitative estimate of drug-likeness (QED) is 0.790. The highest BCUT2D eigenvalue weighted by Gasteiger charge is 2.38. The van der Waals surface area contributed by atoms with Crippen LogP contribution in [0.15, 0.2) is 47.5 Å². The van der Waals surface area contributed by atoms with E-state index in [4.69, 9.17) is 0 Å². The second kappa shape index (κ2) is 7.81. The smallest absolute Gasteiger partial charge is 0.243 e. The molecule has 0 aliphatic carbocycles. The molecule has 4 rings (SSSR count). The van der Waals surface area contributed by atoms with Crippen LogP contribution in [0.4, 0.5) is 5.82 Å². The summed E-state index contributed by atoms with van der Waals surface area (Å²) in [5, 5.41) is 0. The van der Waals surface area contributed by atoms with Crippen LogP contribution in [0.1, 0.15) is 30.0 Å². The number of rotatable bonds is 4. The molecule has 150 valence electrons. The monoisotopic (exact) mass is 400 g/mol. The number of sulfonamides is 1. The lowest BCUT2D eigenvalue weighted by Gasteiger charge is -2.35. The molecule has 2 aromatic rings. The molecule has 0 N–H and O–H groups in total. The van der Waals surface area contributed by atoms with Crippen molar-refractivity contribution in [3.05, 3.63) is 53.7 Å². The number of anilines is 1. The lowest BCUT2D eigenvalue weighted by Crippen LogP contribution is -2.45. The van der Waals surface area contributed by atoms with Gasteiger partial charge in [-0.1, -0.05) is 23.8 Å². The van der Waals surface area contributed by atoms with Crippen LogP contribution < -0.4 is 4.90 Å². The first-order chi connectivity index (χ1) is 13.5. The molecule has 2 aliphatic heterocycles. The summed E-state index contributed by atoms with van der Waals surface area (Å²) in [6, 6.07) is 11.0. The van der Waals surface area contributed by atoms with Crippen molar-refractivity contribution < 1.29 is 8.42 Å². The fraction of sp³-hybridized carbons (Fsp3) is 0.476. The third kappa shape index (κ3) is 3.66.